The summed E-state index contributed by atoms with van der Waals surface area (Å²) < 4.78 is 1.94. The molecule has 2 aromatic heterocycles. The van der Waals surface area contributed by atoms with Crippen molar-refractivity contribution in [2.75, 3.05) is 6.54 Å². The van der Waals surface area contributed by atoms with Crippen LogP contribution >= 0.6 is 0 Å². The molecule has 0 saturated carbocycles. The predicted octanol–water partition coefficient (Wildman–Crippen LogP) is 0.786. The summed E-state index contributed by atoms with van der Waals surface area (Å²) in [6.07, 6.45) is 6.63. The standard InChI is InChI=1S/C10H15N5/c1(7-15-8-2-5-13-15)4-11-9-10-3-6-12-14-10/h2-3,5-6,8,11H,1,4,7,9H2,(H,12,14). The van der Waals surface area contributed by atoms with Crippen LogP contribution in [0.1, 0.15) is 12.1 Å². The third-order valence-electron chi connectivity index (χ3n) is 2.17. The highest BCUT2D eigenvalue weighted by Gasteiger charge is 1.93. The maximum atomic E-state index is 4.14. The lowest BCUT2D eigenvalue weighted by Crippen LogP contribution is -2.16. The van der Waals surface area contributed by atoms with Crippen LogP contribution in [-0.4, -0.2) is 26.5 Å². The lowest BCUT2D eigenvalue weighted by Gasteiger charge is -2.03. The van der Waals surface area contributed by atoms with E-state index in [1.807, 2.05) is 23.0 Å². The topological polar surface area (TPSA) is 58.5 Å². The van der Waals surface area contributed by atoms with E-state index < -0.39 is 0 Å². The molecule has 2 heterocycles. The smallest absolute Gasteiger partial charge is 0.0490 e. The van der Waals surface area contributed by atoms with Crippen molar-refractivity contribution in [3.63, 3.8) is 0 Å². The highest BCUT2D eigenvalue weighted by atomic mass is 15.3. The normalized spacial score (nSPS) is 10.7. The van der Waals surface area contributed by atoms with E-state index in [4.69, 9.17) is 0 Å². The van der Waals surface area contributed by atoms with Gasteiger partial charge in [-0.05, 0) is 25.1 Å². The fourth-order valence-electron chi connectivity index (χ4n) is 1.40. The third kappa shape index (κ3) is 3.21. The van der Waals surface area contributed by atoms with Crippen molar-refractivity contribution in [1.82, 2.24) is 25.3 Å². The lowest BCUT2D eigenvalue weighted by molar-refractivity contribution is 0.541. The summed E-state index contributed by atoms with van der Waals surface area (Å²) in [5.74, 6) is 0. The van der Waals surface area contributed by atoms with E-state index >= 15 is 0 Å². The van der Waals surface area contributed by atoms with E-state index in [1.54, 1.807) is 12.4 Å². The Morgan fingerprint density at radius 1 is 1.40 bits per heavy atom. The van der Waals surface area contributed by atoms with Gasteiger partial charge in [-0.15, -0.1) is 0 Å². The molecule has 0 saturated heterocycles. The van der Waals surface area contributed by atoms with Gasteiger partial charge in [-0.2, -0.15) is 10.2 Å². The molecular weight excluding hydrogens is 190 g/mol. The number of aryl methyl sites for hydroxylation is 1. The van der Waals surface area contributed by atoms with Gasteiger partial charge < -0.3 is 5.32 Å². The highest BCUT2D eigenvalue weighted by molar-refractivity contribution is 4.96. The minimum absolute atomic E-state index is 0.846. The summed E-state index contributed by atoms with van der Waals surface area (Å²) >= 11 is 0. The minimum Gasteiger partial charge on any atom is -0.311 e. The van der Waals surface area contributed by atoms with E-state index in [1.165, 1.54) is 0 Å². The lowest BCUT2D eigenvalue weighted by atomic mass is 10.4. The molecule has 5 heteroatoms. The summed E-state index contributed by atoms with van der Waals surface area (Å²) in [4.78, 5) is 0. The fraction of sp³-hybridized carbons (Fsp3) is 0.400. The van der Waals surface area contributed by atoms with Crippen molar-refractivity contribution in [3.8, 4) is 0 Å². The molecule has 0 atom stereocenters. The molecule has 0 aliphatic heterocycles. The number of H-pyrrole nitrogens is 1. The maximum Gasteiger partial charge on any atom is 0.0490 e. The van der Waals surface area contributed by atoms with Crippen LogP contribution in [0.2, 0.25) is 0 Å². The van der Waals surface area contributed by atoms with Gasteiger partial charge in [0, 0.05) is 37.4 Å². The Kier molecular flexibility index (Phi) is 3.51. The molecule has 0 fully saturated rings. The van der Waals surface area contributed by atoms with E-state index in [9.17, 15) is 0 Å². The first kappa shape index (κ1) is 9.92. The third-order valence-corrected chi connectivity index (χ3v) is 2.17. The van der Waals surface area contributed by atoms with Crippen LogP contribution in [0.3, 0.4) is 0 Å². The van der Waals surface area contributed by atoms with Gasteiger partial charge in [-0.3, -0.25) is 9.78 Å². The molecule has 15 heavy (non-hydrogen) atoms. The second kappa shape index (κ2) is 5.31. The van der Waals surface area contributed by atoms with Gasteiger partial charge >= 0.3 is 0 Å². The first-order valence-electron chi connectivity index (χ1n) is 5.11. The van der Waals surface area contributed by atoms with E-state index in [2.05, 4.69) is 20.6 Å². The molecule has 0 radical (unpaired) electrons. The summed E-state index contributed by atoms with van der Waals surface area (Å²) in [6.45, 7) is 2.79. The average molecular weight is 205 g/mol. The summed E-state index contributed by atoms with van der Waals surface area (Å²) in [7, 11) is 0. The van der Waals surface area contributed by atoms with Gasteiger partial charge in [-0.1, -0.05) is 0 Å². The van der Waals surface area contributed by atoms with Gasteiger partial charge in [0.15, 0.2) is 0 Å². The molecule has 2 aromatic rings. The Hall–Kier alpha value is -1.62. The Bertz CT molecular complexity index is 315. The second-order valence-corrected chi connectivity index (χ2v) is 3.38. The Morgan fingerprint density at radius 3 is 3.13 bits per heavy atom. The number of rotatable bonds is 6. The molecule has 80 valence electrons. The quantitative estimate of drug-likeness (QED) is 0.685. The van der Waals surface area contributed by atoms with Crippen LogP contribution < -0.4 is 5.32 Å². The van der Waals surface area contributed by atoms with Gasteiger partial charge in [0.2, 0.25) is 0 Å². The van der Waals surface area contributed by atoms with Crippen molar-refractivity contribution >= 4 is 0 Å². The van der Waals surface area contributed by atoms with Crippen LogP contribution in [0, 0.1) is 0 Å². The maximum absolute atomic E-state index is 4.14. The van der Waals surface area contributed by atoms with E-state index in [0.717, 1.165) is 31.7 Å². The number of aromatic nitrogens is 4. The van der Waals surface area contributed by atoms with Crippen molar-refractivity contribution < 1.29 is 0 Å². The molecule has 0 spiro atoms. The number of hydrogen-bond donors (Lipinski definition) is 2. The minimum atomic E-state index is 0.846. The van der Waals surface area contributed by atoms with Crippen LogP contribution in [-0.2, 0) is 13.1 Å². The van der Waals surface area contributed by atoms with Crippen molar-refractivity contribution in [1.29, 1.82) is 0 Å². The van der Waals surface area contributed by atoms with Gasteiger partial charge in [0.25, 0.3) is 0 Å². The number of nitrogens with one attached hydrogen (secondary N) is 2. The first-order chi connectivity index (χ1) is 7.45. The zero-order valence-corrected chi connectivity index (χ0v) is 8.56. The predicted molar refractivity (Wildman–Crippen MR) is 57.1 cm³/mol. The molecule has 0 bridgehead atoms. The van der Waals surface area contributed by atoms with E-state index in [-0.39, 0.29) is 0 Å². The molecule has 0 unspecified atom stereocenters. The fourth-order valence-corrected chi connectivity index (χ4v) is 1.40. The molecule has 0 amide bonds. The number of hydrogen-bond acceptors (Lipinski definition) is 3. The van der Waals surface area contributed by atoms with Crippen LogP contribution in [0.15, 0.2) is 30.7 Å². The van der Waals surface area contributed by atoms with Gasteiger partial charge in [0.05, 0.1) is 0 Å². The highest BCUT2D eigenvalue weighted by Crippen LogP contribution is 1.91. The summed E-state index contributed by atoms with van der Waals surface area (Å²) in [5, 5.41) is 14.3. The van der Waals surface area contributed by atoms with Crippen molar-refractivity contribution in [2.24, 2.45) is 0 Å². The van der Waals surface area contributed by atoms with Gasteiger partial charge in [0.1, 0.15) is 0 Å². The molecule has 0 aromatic carbocycles. The zero-order valence-electron chi connectivity index (χ0n) is 8.56. The van der Waals surface area contributed by atoms with Crippen molar-refractivity contribution in [3.05, 3.63) is 36.4 Å². The molecular formula is C10H15N5. The van der Waals surface area contributed by atoms with Crippen LogP contribution in [0.4, 0.5) is 0 Å². The SMILES string of the molecule is c1cnn(CCCNCc2ccn[nH]2)c1. The number of aromatic amines is 1. The second-order valence-electron chi connectivity index (χ2n) is 3.38. The average Bonchev–Trinajstić information content (AvgIpc) is 2.88. The molecule has 0 aliphatic carbocycles. The number of nitrogens with zero attached hydrogens (tertiary/aromatic N) is 3. The monoisotopic (exact) mass is 205 g/mol. The van der Waals surface area contributed by atoms with E-state index in [0.29, 0.717) is 0 Å². The first-order valence-corrected chi connectivity index (χ1v) is 5.11. The Labute approximate surface area is 88.5 Å². The zero-order chi connectivity index (χ0) is 10.3. The molecule has 0 aliphatic rings. The van der Waals surface area contributed by atoms with Crippen LogP contribution in [0.5, 0.6) is 0 Å². The molecule has 2 N–H and O–H groups in total. The largest absolute Gasteiger partial charge is 0.311 e. The van der Waals surface area contributed by atoms with Gasteiger partial charge in [-0.25, -0.2) is 0 Å². The molecule has 2 rings (SSSR count). The van der Waals surface area contributed by atoms with Crippen LogP contribution in [0.25, 0.3) is 0 Å². The Morgan fingerprint density at radius 2 is 2.40 bits per heavy atom. The molecule has 5 nitrogen and oxygen atoms in total. The summed E-state index contributed by atoms with van der Waals surface area (Å²) in [5.41, 5.74) is 1.12. The Balaban J connectivity index is 1.56. The summed E-state index contributed by atoms with van der Waals surface area (Å²) in [6, 6.07) is 3.92. The van der Waals surface area contributed by atoms with Crippen molar-refractivity contribution in [2.45, 2.75) is 19.5 Å².